The fraction of sp³-hybridized carbons (Fsp3) is 0.467. The Kier molecular flexibility index (Phi) is 3.98. The first-order valence-corrected chi connectivity index (χ1v) is 7.81. The second kappa shape index (κ2) is 5.89. The highest BCUT2D eigenvalue weighted by Gasteiger charge is 2.17. The van der Waals surface area contributed by atoms with Crippen molar-refractivity contribution in [3.05, 3.63) is 23.8 Å². The topological polar surface area (TPSA) is 51.2 Å². The lowest BCUT2D eigenvalue weighted by Gasteiger charge is -2.07. The van der Waals surface area contributed by atoms with Crippen LogP contribution >= 0.6 is 11.3 Å². The summed E-state index contributed by atoms with van der Waals surface area (Å²) >= 11 is 1.52. The number of aromatic nitrogens is 1. The van der Waals surface area contributed by atoms with Gasteiger partial charge in [-0.1, -0.05) is 17.4 Å². The van der Waals surface area contributed by atoms with Crippen molar-refractivity contribution in [3.8, 4) is 0 Å². The Morgan fingerprint density at radius 1 is 1.55 bits per heavy atom. The van der Waals surface area contributed by atoms with E-state index >= 15 is 0 Å². The molecule has 2 aromatic rings. The molecule has 0 aliphatic carbocycles. The van der Waals surface area contributed by atoms with E-state index in [0.717, 1.165) is 36.1 Å². The number of nitrogens with one attached hydrogen (secondary N) is 1. The van der Waals surface area contributed by atoms with Gasteiger partial charge >= 0.3 is 0 Å². The van der Waals surface area contributed by atoms with Crippen molar-refractivity contribution in [2.45, 2.75) is 38.7 Å². The maximum absolute atomic E-state index is 11.9. The highest BCUT2D eigenvalue weighted by atomic mass is 32.1. The fourth-order valence-electron chi connectivity index (χ4n) is 2.43. The molecule has 106 valence electrons. The third-order valence-electron chi connectivity index (χ3n) is 3.51. The average Bonchev–Trinajstić information content (AvgIpc) is 3.04. The van der Waals surface area contributed by atoms with Crippen molar-refractivity contribution >= 4 is 32.6 Å². The molecule has 1 N–H and O–H groups in total. The van der Waals surface area contributed by atoms with Crippen molar-refractivity contribution in [1.82, 2.24) is 4.98 Å². The molecule has 1 saturated heterocycles. The highest BCUT2D eigenvalue weighted by molar-refractivity contribution is 7.22. The number of nitrogens with zero attached hydrogens (tertiary/aromatic N) is 1. The van der Waals surface area contributed by atoms with Gasteiger partial charge in [0.2, 0.25) is 5.91 Å². The molecule has 1 aliphatic heterocycles. The van der Waals surface area contributed by atoms with Crippen LogP contribution in [0.2, 0.25) is 0 Å². The second-order valence-corrected chi connectivity index (χ2v) is 6.24. The van der Waals surface area contributed by atoms with Crippen molar-refractivity contribution in [2.24, 2.45) is 0 Å². The first kappa shape index (κ1) is 13.5. The van der Waals surface area contributed by atoms with Crippen LogP contribution in [0.1, 0.15) is 31.2 Å². The van der Waals surface area contributed by atoms with E-state index < -0.39 is 0 Å². The number of anilines is 1. The molecule has 0 radical (unpaired) electrons. The average molecular weight is 290 g/mol. The third-order valence-corrected chi connectivity index (χ3v) is 4.44. The molecular formula is C15H18N2O2S. The van der Waals surface area contributed by atoms with Gasteiger partial charge in [0.15, 0.2) is 5.13 Å². The summed E-state index contributed by atoms with van der Waals surface area (Å²) in [6.07, 6.45) is 3.76. The SMILES string of the molecule is Cc1ccc2nc(NC(=O)CCC3CCCO3)sc2c1. The number of aryl methyl sites for hydroxylation is 1. The number of thiazole rings is 1. The van der Waals surface area contributed by atoms with Gasteiger partial charge in [-0.05, 0) is 43.9 Å². The molecule has 4 nitrogen and oxygen atoms in total. The Morgan fingerprint density at radius 3 is 3.25 bits per heavy atom. The minimum absolute atomic E-state index is 0.0243. The number of carbonyl (C=O) groups excluding carboxylic acids is 1. The molecule has 3 rings (SSSR count). The van der Waals surface area contributed by atoms with Crippen LogP contribution in [0.15, 0.2) is 18.2 Å². The number of hydrogen-bond donors (Lipinski definition) is 1. The van der Waals surface area contributed by atoms with Gasteiger partial charge in [-0.3, -0.25) is 4.79 Å². The predicted molar refractivity (Wildman–Crippen MR) is 81.2 cm³/mol. The maximum atomic E-state index is 11.9. The van der Waals surface area contributed by atoms with Gasteiger partial charge in [0.05, 0.1) is 16.3 Å². The third kappa shape index (κ3) is 3.16. The van der Waals surface area contributed by atoms with E-state index in [1.165, 1.54) is 16.9 Å². The molecule has 20 heavy (non-hydrogen) atoms. The summed E-state index contributed by atoms with van der Waals surface area (Å²) in [5.74, 6) is 0.0243. The van der Waals surface area contributed by atoms with Crippen molar-refractivity contribution in [3.63, 3.8) is 0 Å². The Hall–Kier alpha value is -1.46. The fourth-order valence-corrected chi connectivity index (χ4v) is 3.41. The van der Waals surface area contributed by atoms with Crippen LogP contribution in [0.5, 0.6) is 0 Å². The van der Waals surface area contributed by atoms with Crippen molar-refractivity contribution < 1.29 is 9.53 Å². The molecule has 1 atom stereocenters. The summed E-state index contributed by atoms with van der Waals surface area (Å²) in [5, 5.41) is 3.57. The lowest BCUT2D eigenvalue weighted by Crippen LogP contribution is -2.15. The van der Waals surface area contributed by atoms with Crippen LogP contribution in [0.3, 0.4) is 0 Å². The molecule has 5 heteroatoms. The quantitative estimate of drug-likeness (QED) is 0.937. The van der Waals surface area contributed by atoms with E-state index in [1.807, 2.05) is 12.1 Å². The number of hydrogen-bond acceptors (Lipinski definition) is 4. The Labute approximate surface area is 122 Å². The van der Waals surface area contributed by atoms with Gasteiger partial charge in [-0.25, -0.2) is 4.98 Å². The highest BCUT2D eigenvalue weighted by Crippen LogP contribution is 2.27. The molecule has 0 saturated carbocycles. The summed E-state index contributed by atoms with van der Waals surface area (Å²) in [4.78, 5) is 16.3. The van der Waals surface area contributed by atoms with E-state index in [2.05, 4.69) is 23.3 Å². The van der Waals surface area contributed by atoms with E-state index in [1.54, 1.807) is 0 Å². The van der Waals surface area contributed by atoms with E-state index in [0.29, 0.717) is 11.6 Å². The van der Waals surface area contributed by atoms with Crippen LogP contribution in [0, 0.1) is 6.92 Å². The largest absolute Gasteiger partial charge is 0.378 e. The van der Waals surface area contributed by atoms with Crippen LogP contribution in [-0.2, 0) is 9.53 Å². The van der Waals surface area contributed by atoms with Gasteiger partial charge in [-0.2, -0.15) is 0 Å². The monoisotopic (exact) mass is 290 g/mol. The molecule has 2 heterocycles. The van der Waals surface area contributed by atoms with Crippen molar-refractivity contribution in [1.29, 1.82) is 0 Å². The lowest BCUT2D eigenvalue weighted by atomic mass is 10.1. The minimum atomic E-state index is 0.0243. The van der Waals surface area contributed by atoms with Crippen LogP contribution < -0.4 is 5.32 Å². The van der Waals surface area contributed by atoms with E-state index in [9.17, 15) is 4.79 Å². The summed E-state index contributed by atoms with van der Waals surface area (Å²) in [7, 11) is 0. The molecule has 1 amide bonds. The Bertz CT molecular complexity index is 617. The number of benzene rings is 1. The zero-order valence-electron chi connectivity index (χ0n) is 11.5. The standard InChI is InChI=1S/C15H18N2O2S/c1-10-4-6-12-13(9-10)20-15(16-12)17-14(18)7-5-11-3-2-8-19-11/h4,6,9,11H,2-3,5,7-8H2,1H3,(H,16,17,18). The Morgan fingerprint density at radius 2 is 2.45 bits per heavy atom. The van der Waals surface area contributed by atoms with Gasteiger partial charge in [0.1, 0.15) is 0 Å². The summed E-state index contributed by atoms with van der Waals surface area (Å²) in [6.45, 7) is 2.89. The summed E-state index contributed by atoms with van der Waals surface area (Å²) in [6, 6.07) is 6.11. The smallest absolute Gasteiger partial charge is 0.226 e. The van der Waals surface area contributed by atoms with Crippen molar-refractivity contribution in [2.75, 3.05) is 11.9 Å². The summed E-state index contributed by atoms with van der Waals surface area (Å²) in [5.41, 5.74) is 2.15. The number of amides is 1. The zero-order valence-corrected chi connectivity index (χ0v) is 12.3. The van der Waals surface area contributed by atoms with E-state index in [4.69, 9.17) is 4.74 Å². The molecule has 0 bridgehead atoms. The zero-order chi connectivity index (χ0) is 13.9. The van der Waals surface area contributed by atoms with E-state index in [-0.39, 0.29) is 12.0 Å². The number of rotatable bonds is 4. The normalized spacial score (nSPS) is 18.6. The Balaban J connectivity index is 1.59. The molecule has 1 fully saturated rings. The van der Waals surface area contributed by atoms with Gasteiger partial charge < -0.3 is 10.1 Å². The molecule has 1 aliphatic rings. The molecule has 1 unspecified atom stereocenters. The molecule has 0 spiro atoms. The number of carbonyl (C=O) groups is 1. The molecule has 1 aromatic carbocycles. The first-order chi connectivity index (χ1) is 9.70. The number of fused-ring (bicyclic) bond motifs is 1. The lowest BCUT2D eigenvalue weighted by molar-refractivity contribution is -0.116. The van der Waals surface area contributed by atoms with Gasteiger partial charge in [-0.15, -0.1) is 0 Å². The predicted octanol–water partition coefficient (Wildman–Crippen LogP) is 3.50. The maximum Gasteiger partial charge on any atom is 0.226 e. The van der Waals surface area contributed by atoms with Gasteiger partial charge in [0, 0.05) is 13.0 Å². The van der Waals surface area contributed by atoms with Crippen LogP contribution in [0.25, 0.3) is 10.2 Å². The first-order valence-electron chi connectivity index (χ1n) is 6.99. The molecular weight excluding hydrogens is 272 g/mol. The molecule has 1 aromatic heterocycles. The minimum Gasteiger partial charge on any atom is -0.378 e. The van der Waals surface area contributed by atoms with Crippen LogP contribution in [0.4, 0.5) is 5.13 Å². The number of ether oxygens (including phenoxy) is 1. The van der Waals surface area contributed by atoms with Crippen LogP contribution in [-0.4, -0.2) is 23.6 Å². The summed E-state index contributed by atoms with van der Waals surface area (Å²) < 4.78 is 6.63. The van der Waals surface area contributed by atoms with Gasteiger partial charge in [0.25, 0.3) is 0 Å². The second-order valence-electron chi connectivity index (χ2n) is 5.21.